The van der Waals surface area contributed by atoms with Crippen LogP contribution in [0.5, 0.6) is 0 Å². The van der Waals surface area contributed by atoms with Crippen LogP contribution in [0.2, 0.25) is 0 Å². The van der Waals surface area contributed by atoms with Crippen LogP contribution in [0.4, 0.5) is 11.4 Å². The summed E-state index contributed by atoms with van der Waals surface area (Å²) in [5.74, 6) is 0.550. The van der Waals surface area contributed by atoms with Gasteiger partial charge in [0.25, 0.3) is 0 Å². The SMILES string of the molecule is CC(C)C(C)(C)c1ccc(-c2n[nH]c3cnc4ccc(-c5cccc(Nc6ccccc6)c5)cc4c23)cc1. The standard InChI is InChI=1S/C34H32N4/c1-22(2)34(3,4)26-16-13-23(14-17-26)33-32-29-20-25(15-18-30(29)35-21-31(32)37-38-33)24-9-8-12-28(19-24)36-27-10-6-5-7-11-27/h5-22,36H,1-4H3,(H,37,38). The number of nitrogens with zero attached hydrogens (tertiary/aromatic N) is 2. The van der Waals surface area contributed by atoms with Gasteiger partial charge in [-0.3, -0.25) is 10.1 Å². The molecule has 0 bridgehead atoms. The molecule has 0 aliphatic carbocycles. The highest BCUT2D eigenvalue weighted by molar-refractivity contribution is 6.11. The second kappa shape index (κ2) is 9.46. The van der Waals surface area contributed by atoms with Crippen molar-refractivity contribution in [1.82, 2.24) is 15.2 Å². The number of pyridine rings is 1. The van der Waals surface area contributed by atoms with Crippen LogP contribution in [0.1, 0.15) is 33.3 Å². The average Bonchev–Trinajstić information content (AvgIpc) is 3.38. The number of benzene rings is 4. The number of aromatic nitrogens is 3. The second-order valence-corrected chi connectivity index (χ2v) is 10.9. The zero-order valence-corrected chi connectivity index (χ0v) is 22.3. The minimum atomic E-state index is 0.113. The topological polar surface area (TPSA) is 53.6 Å². The maximum Gasteiger partial charge on any atom is 0.101 e. The van der Waals surface area contributed by atoms with Crippen LogP contribution in [0.3, 0.4) is 0 Å². The molecule has 188 valence electrons. The predicted molar refractivity (Wildman–Crippen MR) is 160 cm³/mol. The van der Waals surface area contributed by atoms with E-state index in [1.165, 1.54) is 5.56 Å². The number of fused-ring (bicyclic) bond motifs is 3. The molecule has 6 rings (SSSR count). The molecule has 38 heavy (non-hydrogen) atoms. The number of para-hydroxylation sites is 1. The van der Waals surface area contributed by atoms with Crippen LogP contribution in [-0.4, -0.2) is 15.2 Å². The third-order valence-corrected chi connectivity index (χ3v) is 8.00. The van der Waals surface area contributed by atoms with Gasteiger partial charge in [0.2, 0.25) is 0 Å². The Morgan fingerprint density at radius 3 is 2.21 bits per heavy atom. The highest BCUT2D eigenvalue weighted by Gasteiger charge is 2.24. The first-order valence-electron chi connectivity index (χ1n) is 13.2. The van der Waals surface area contributed by atoms with Crippen LogP contribution < -0.4 is 5.32 Å². The minimum absolute atomic E-state index is 0.113. The molecular formula is C34H32N4. The fourth-order valence-electron chi connectivity index (χ4n) is 4.95. The Labute approximate surface area is 223 Å². The van der Waals surface area contributed by atoms with Gasteiger partial charge in [0.1, 0.15) is 5.69 Å². The Morgan fingerprint density at radius 1 is 0.737 bits per heavy atom. The second-order valence-electron chi connectivity index (χ2n) is 10.9. The van der Waals surface area contributed by atoms with Crippen LogP contribution in [0.25, 0.3) is 44.2 Å². The Bertz CT molecular complexity index is 1730. The van der Waals surface area contributed by atoms with Gasteiger partial charge in [-0.15, -0.1) is 0 Å². The Balaban J connectivity index is 1.42. The molecule has 0 saturated heterocycles. The minimum Gasteiger partial charge on any atom is -0.356 e. The smallest absolute Gasteiger partial charge is 0.101 e. The van der Waals surface area contributed by atoms with Crippen molar-refractivity contribution in [2.24, 2.45) is 5.92 Å². The molecule has 0 unspecified atom stereocenters. The van der Waals surface area contributed by atoms with Crippen molar-refractivity contribution in [1.29, 1.82) is 0 Å². The summed E-state index contributed by atoms with van der Waals surface area (Å²) in [7, 11) is 0. The molecule has 0 aliphatic heterocycles. The van der Waals surface area contributed by atoms with E-state index < -0.39 is 0 Å². The van der Waals surface area contributed by atoms with Gasteiger partial charge in [-0.1, -0.05) is 88.4 Å². The summed E-state index contributed by atoms with van der Waals surface area (Å²) in [4.78, 5) is 4.71. The van der Waals surface area contributed by atoms with Crippen LogP contribution in [0, 0.1) is 5.92 Å². The zero-order valence-electron chi connectivity index (χ0n) is 22.3. The van der Waals surface area contributed by atoms with Crippen molar-refractivity contribution in [3.8, 4) is 22.4 Å². The molecule has 0 spiro atoms. The first kappa shape index (κ1) is 23.9. The van der Waals surface area contributed by atoms with Gasteiger partial charge >= 0.3 is 0 Å². The molecule has 0 aliphatic rings. The molecule has 2 aromatic heterocycles. The predicted octanol–water partition coefficient (Wildman–Crippen LogP) is 9.12. The van der Waals surface area contributed by atoms with Crippen molar-refractivity contribution >= 4 is 33.2 Å². The van der Waals surface area contributed by atoms with Gasteiger partial charge in [-0.05, 0) is 64.4 Å². The number of H-pyrrole nitrogens is 1. The molecule has 2 heterocycles. The molecule has 0 amide bonds. The molecule has 4 aromatic carbocycles. The summed E-state index contributed by atoms with van der Waals surface area (Å²) in [5.41, 5.74) is 9.83. The normalized spacial score (nSPS) is 11.9. The van der Waals surface area contributed by atoms with Crippen molar-refractivity contribution in [3.05, 3.63) is 109 Å². The van der Waals surface area contributed by atoms with Gasteiger partial charge in [0.05, 0.1) is 17.2 Å². The van der Waals surface area contributed by atoms with E-state index in [4.69, 9.17) is 10.1 Å². The van der Waals surface area contributed by atoms with E-state index in [1.807, 2.05) is 24.4 Å². The van der Waals surface area contributed by atoms with Gasteiger partial charge in [-0.25, -0.2) is 0 Å². The van der Waals surface area contributed by atoms with Gasteiger partial charge in [0, 0.05) is 27.7 Å². The summed E-state index contributed by atoms with van der Waals surface area (Å²) in [6.45, 7) is 9.17. The third-order valence-electron chi connectivity index (χ3n) is 8.00. The van der Waals surface area contributed by atoms with Gasteiger partial charge < -0.3 is 5.32 Å². The number of anilines is 2. The van der Waals surface area contributed by atoms with Gasteiger partial charge in [0.15, 0.2) is 0 Å². The first-order chi connectivity index (χ1) is 18.4. The van der Waals surface area contributed by atoms with Gasteiger partial charge in [-0.2, -0.15) is 5.10 Å². The number of hydrogen-bond acceptors (Lipinski definition) is 3. The number of hydrogen-bond donors (Lipinski definition) is 2. The Hall–Kier alpha value is -4.44. The maximum atomic E-state index is 4.73. The van der Waals surface area contributed by atoms with Crippen LogP contribution in [-0.2, 0) is 5.41 Å². The lowest BCUT2D eigenvalue weighted by atomic mass is 9.75. The Kier molecular flexibility index (Phi) is 5.96. The van der Waals surface area contributed by atoms with E-state index in [1.54, 1.807) is 0 Å². The van der Waals surface area contributed by atoms with E-state index >= 15 is 0 Å². The molecule has 6 aromatic rings. The number of aromatic amines is 1. The lowest BCUT2D eigenvalue weighted by Crippen LogP contribution is -2.24. The largest absolute Gasteiger partial charge is 0.356 e. The summed E-state index contributed by atoms with van der Waals surface area (Å²) in [6, 6.07) is 34.1. The zero-order chi connectivity index (χ0) is 26.3. The van der Waals surface area contributed by atoms with Crippen molar-refractivity contribution in [3.63, 3.8) is 0 Å². The fourth-order valence-corrected chi connectivity index (χ4v) is 4.95. The molecule has 0 atom stereocenters. The van der Waals surface area contributed by atoms with E-state index in [-0.39, 0.29) is 5.41 Å². The number of rotatable bonds is 6. The van der Waals surface area contributed by atoms with Crippen LogP contribution in [0.15, 0.2) is 103 Å². The lowest BCUT2D eigenvalue weighted by Gasteiger charge is -2.30. The highest BCUT2D eigenvalue weighted by Crippen LogP contribution is 2.37. The molecule has 0 fully saturated rings. The average molecular weight is 497 g/mol. The Morgan fingerprint density at radius 2 is 1.45 bits per heavy atom. The maximum absolute atomic E-state index is 4.73. The summed E-state index contributed by atoms with van der Waals surface area (Å²) < 4.78 is 0. The van der Waals surface area contributed by atoms with E-state index in [9.17, 15) is 0 Å². The van der Waals surface area contributed by atoms with Crippen molar-refractivity contribution in [2.75, 3.05) is 5.32 Å². The highest BCUT2D eigenvalue weighted by atomic mass is 15.1. The monoisotopic (exact) mass is 496 g/mol. The lowest BCUT2D eigenvalue weighted by molar-refractivity contribution is 0.372. The summed E-state index contributed by atoms with van der Waals surface area (Å²) in [5, 5.41) is 13.6. The number of nitrogens with one attached hydrogen (secondary N) is 2. The van der Waals surface area contributed by atoms with E-state index in [0.717, 1.165) is 55.6 Å². The molecule has 2 N–H and O–H groups in total. The summed E-state index contributed by atoms with van der Waals surface area (Å²) in [6.07, 6.45) is 1.88. The molecule has 4 heteroatoms. The first-order valence-corrected chi connectivity index (χ1v) is 13.2. The third kappa shape index (κ3) is 4.32. The molecule has 0 radical (unpaired) electrons. The van der Waals surface area contributed by atoms with Crippen LogP contribution >= 0.6 is 0 Å². The molecular weight excluding hydrogens is 464 g/mol. The molecule has 4 nitrogen and oxygen atoms in total. The molecule has 0 saturated carbocycles. The van der Waals surface area contributed by atoms with Crippen molar-refractivity contribution < 1.29 is 0 Å². The fraction of sp³-hybridized carbons (Fsp3) is 0.176. The summed E-state index contributed by atoms with van der Waals surface area (Å²) >= 11 is 0. The quantitative estimate of drug-likeness (QED) is 0.242. The van der Waals surface area contributed by atoms with Crippen molar-refractivity contribution in [2.45, 2.75) is 33.1 Å². The van der Waals surface area contributed by atoms with E-state index in [2.05, 4.69) is 117 Å². The van der Waals surface area contributed by atoms with E-state index in [0.29, 0.717) is 5.92 Å².